The molecule has 0 amide bonds. The summed E-state index contributed by atoms with van der Waals surface area (Å²) in [5, 5.41) is 7.43. The van der Waals surface area contributed by atoms with Crippen LogP contribution in [0.3, 0.4) is 0 Å². The second-order valence-corrected chi connectivity index (χ2v) is 13.5. The molecule has 4 heteroatoms. The lowest BCUT2D eigenvalue weighted by atomic mass is 10.0. The fourth-order valence-corrected chi connectivity index (χ4v) is 8.48. The number of para-hydroxylation sites is 2. The monoisotopic (exact) mass is 643 g/mol. The Morgan fingerprint density at radius 3 is 1.98 bits per heavy atom. The van der Waals surface area contributed by atoms with Gasteiger partial charge in [-0.25, -0.2) is 4.98 Å². The van der Waals surface area contributed by atoms with E-state index in [9.17, 15) is 0 Å². The molecule has 0 atom stereocenters. The van der Waals surface area contributed by atoms with Gasteiger partial charge < -0.3 is 4.57 Å². The first-order chi connectivity index (χ1) is 24.3. The second kappa shape index (κ2) is 11.2. The first-order valence-corrected chi connectivity index (χ1v) is 17.4. The lowest BCUT2D eigenvalue weighted by Crippen LogP contribution is -2.11. The number of hydrogen-bond donors (Lipinski definition) is 0. The second-order valence-electron chi connectivity index (χ2n) is 12.4. The van der Waals surface area contributed by atoms with Crippen molar-refractivity contribution < 1.29 is 0 Å². The summed E-state index contributed by atoms with van der Waals surface area (Å²) in [4.78, 5) is 7.49. The molecule has 3 nitrogen and oxygen atoms in total. The molecule has 0 unspecified atom stereocenters. The first-order valence-electron chi connectivity index (χ1n) is 16.5. The van der Waals surface area contributed by atoms with E-state index in [1.807, 2.05) is 11.3 Å². The van der Waals surface area contributed by atoms with Crippen LogP contribution in [-0.4, -0.2) is 9.55 Å². The van der Waals surface area contributed by atoms with Crippen LogP contribution in [0.5, 0.6) is 0 Å². The van der Waals surface area contributed by atoms with Crippen molar-refractivity contribution in [1.82, 2.24) is 9.55 Å². The van der Waals surface area contributed by atoms with E-state index in [1.54, 1.807) is 0 Å². The van der Waals surface area contributed by atoms with E-state index in [1.165, 1.54) is 63.9 Å². The molecule has 0 N–H and O–H groups in total. The van der Waals surface area contributed by atoms with E-state index in [0.29, 0.717) is 0 Å². The summed E-state index contributed by atoms with van der Waals surface area (Å²) in [5.74, 6) is 0.891. The van der Waals surface area contributed by atoms with E-state index >= 15 is 0 Å². The molecule has 3 heterocycles. The summed E-state index contributed by atoms with van der Waals surface area (Å²) >= 11 is 1.83. The van der Waals surface area contributed by atoms with Crippen LogP contribution in [0.1, 0.15) is 0 Å². The van der Waals surface area contributed by atoms with Crippen LogP contribution >= 0.6 is 11.3 Å². The number of nitrogens with zero attached hydrogens (tertiary/aromatic N) is 3. The highest BCUT2D eigenvalue weighted by molar-refractivity contribution is 7.26. The van der Waals surface area contributed by atoms with Crippen molar-refractivity contribution >= 4 is 81.3 Å². The third-order valence-corrected chi connectivity index (χ3v) is 10.7. The fourth-order valence-electron chi connectivity index (χ4n) is 7.36. The van der Waals surface area contributed by atoms with Gasteiger partial charge in [0.25, 0.3) is 0 Å². The molecule has 0 fully saturated rings. The Balaban J connectivity index is 1.19. The summed E-state index contributed by atoms with van der Waals surface area (Å²) in [7, 11) is 0. The Bertz CT molecular complexity index is 2820. The average Bonchev–Trinajstić information content (AvgIpc) is 3.71. The van der Waals surface area contributed by atoms with Gasteiger partial charge in [-0.3, -0.25) is 4.90 Å². The van der Waals surface area contributed by atoms with Gasteiger partial charge in [-0.05, 0) is 82.6 Å². The number of aromatic nitrogens is 2. The Labute approximate surface area is 287 Å². The zero-order valence-electron chi connectivity index (χ0n) is 26.5. The number of fused-ring (bicyclic) bond motifs is 8. The maximum atomic E-state index is 5.19. The summed E-state index contributed by atoms with van der Waals surface area (Å²) in [5.41, 5.74) is 8.03. The number of thiophene rings is 1. The van der Waals surface area contributed by atoms with Gasteiger partial charge in [0.2, 0.25) is 0 Å². The van der Waals surface area contributed by atoms with Gasteiger partial charge in [0.15, 0.2) is 0 Å². The van der Waals surface area contributed by atoms with Gasteiger partial charge in [0, 0.05) is 54.2 Å². The molecule has 0 bridgehead atoms. The quantitative estimate of drug-likeness (QED) is 0.186. The summed E-state index contributed by atoms with van der Waals surface area (Å²) in [6.07, 6.45) is 2.07. The van der Waals surface area contributed by atoms with Gasteiger partial charge >= 0.3 is 0 Å². The lowest BCUT2D eigenvalue weighted by Gasteiger charge is -2.25. The SMILES string of the molecule is c1ccc(-c2ccc(N(c3ccc4c(c3)c3ccccc3n4-c3ccccc3)c3cc4sc5ccc6ccccc6c5c4cn3)cc2)cc1. The van der Waals surface area contributed by atoms with Crippen LogP contribution in [-0.2, 0) is 0 Å². The Morgan fingerprint density at radius 1 is 0.469 bits per heavy atom. The number of hydrogen-bond acceptors (Lipinski definition) is 3. The van der Waals surface area contributed by atoms with Gasteiger partial charge in [-0.1, -0.05) is 109 Å². The molecule has 230 valence electrons. The fraction of sp³-hybridized carbons (Fsp3) is 0. The largest absolute Gasteiger partial charge is 0.309 e. The topological polar surface area (TPSA) is 21.1 Å². The van der Waals surface area contributed by atoms with Crippen molar-refractivity contribution in [2.45, 2.75) is 0 Å². The van der Waals surface area contributed by atoms with E-state index in [0.717, 1.165) is 22.9 Å². The normalized spacial score (nSPS) is 11.7. The highest BCUT2D eigenvalue weighted by atomic mass is 32.1. The number of benzene rings is 7. The maximum absolute atomic E-state index is 5.19. The van der Waals surface area contributed by atoms with Crippen LogP contribution < -0.4 is 4.90 Å². The lowest BCUT2D eigenvalue weighted by molar-refractivity contribution is 1.17. The van der Waals surface area contributed by atoms with E-state index in [4.69, 9.17) is 4.98 Å². The Morgan fingerprint density at radius 2 is 1.14 bits per heavy atom. The zero-order chi connectivity index (χ0) is 32.3. The Kier molecular flexibility index (Phi) is 6.36. The third-order valence-electron chi connectivity index (χ3n) is 9.62. The third kappa shape index (κ3) is 4.53. The molecule has 0 aliphatic heterocycles. The predicted octanol–water partition coefficient (Wildman–Crippen LogP) is 12.8. The zero-order valence-corrected chi connectivity index (χ0v) is 27.3. The minimum atomic E-state index is 0.891. The summed E-state index contributed by atoms with van der Waals surface area (Å²) in [6.45, 7) is 0. The highest BCUT2D eigenvalue weighted by Gasteiger charge is 2.20. The minimum absolute atomic E-state index is 0.891. The summed E-state index contributed by atoms with van der Waals surface area (Å²) in [6, 6.07) is 60.9. The van der Waals surface area contributed by atoms with Crippen molar-refractivity contribution in [3.8, 4) is 16.8 Å². The van der Waals surface area contributed by atoms with Gasteiger partial charge in [-0.2, -0.15) is 0 Å². The molecule has 0 saturated carbocycles. The molecule has 0 saturated heterocycles. The Hall–Kier alpha value is -6.23. The molecule has 0 radical (unpaired) electrons. The van der Waals surface area contributed by atoms with Crippen molar-refractivity contribution in [3.63, 3.8) is 0 Å². The average molecular weight is 644 g/mol. The van der Waals surface area contributed by atoms with Crippen LogP contribution in [0, 0.1) is 0 Å². The van der Waals surface area contributed by atoms with Gasteiger partial charge in [-0.15, -0.1) is 11.3 Å². The minimum Gasteiger partial charge on any atom is -0.309 e. The van der Waals surface area contributed by atoms with E-state index in [-0.39, 0.29) is 0 Å². The van der Waals surface area contributed by atoms with Crippen molar-refractivity contribution in [1.29, 1.82) is 0 Å². The molecule has 7 aromatic carbocycles. The van der Waals surface area contributed by atoms with E-state index < -0.39 is 0 Å². The molecule has 10 rings (SSSR count). The molecule has 3 aromatic heterocycles. The number of rotatable bonds is 5. The molecule has 0 aliphatic rings. The molecular formula is C45H29N3S. The molecule has 49 heavy (non-hydrogen) atoms. The standard InChI is InChI=1S/C45H29N3S/c1-3-11-30(12-4-1)31-19-22-34(23-20-31)47(44-28-43-39(29-46-44)45-36-16-8-7-13-32(36)21-26-42(45)49-43)35-24-25-41-38(27-35)37-17-9-10-18-40(37)48(41)33-14-5-2-6-15-33/h1-29H. The van der Waals surface area contributed by atoms with Crippen LogP contribution in [0.4, 0.5) is 17.2 Å². The number of pyridine rings is 1. The summed E-state index contributed by atoms with van der Waals surface area (Å²) < 4.78 is 4.87. The smallest absolute Gasteiger partial charge is 0.138 e. The van der Waals surface area contributed by atoms with Crippen LogP contribution in [0.2, 0.25) is 0 Å². The van der Waals surface area contributed by atoms with Crippen LogP contribution in [0.15, 0.2) is 176 Å². The maximum Gasteiger partial charge on any atom is 0.138 e. The molecule has 10 aromatic rings. The predicted molar refractivity (Wildman–Crippen MR) is 209 cm³/mol. The molecule has 0 aliphatic carbocycles. The molecular weight excluding hydrogens is 615 g/mol. The van der Waals surface area contributed by atoms with Crippen molar-refractivity contribution in [2.24, 2.45) is 0 Å². The van der Waals surface area contributed by atoms with E-state index in [2.05, 4.69) is 186 Å². The first kappa shape index (κ1) is 27.8. The van der Waals surface area contributed by atoms with Gasteiger partial charge in [0.05, 0.1) is 11.0 Å². The highest BCUT2D eigenvalue weighted by Crippen LogP contribution is 2.43. The number of anilines is 3. The molecule has 0 spiro atoms. The van der Waals surface area contributed by atoms with Crippen molar-refractivity contribution in [2.75, 3.05) is 4.90 Å². The van der Waals surface area contributed by atoms with Crippen molar-refractivity contribution in [3.05, 3.63) is 176 Å². The van der Waals surface area contributed by atoms with Crippen LogP contribution in [0.25, 0.3) is 69.6 Å². The van der Waals surface area contributed by atoms with Gasteiger partial charge in [0.1, 0.15) is 5.82 Å².